The predicted molar refractivity (Wildman–Crippen MR) is 108 cm³/mol. The van der Waals surface area contributed by atoms with Crippen LogP contribution < -0.4 is 10.1 Å². The van der Waals surface area contributed by atoms with Crippen molar-refractivity contribution in [3.8, 4) is 5.75 Å². The second-order valence-corrected chi connectivity index (χ2v) is 7.74. The highest BCUT2D eigenvalue weighted by molar-refractivity contribution is 5.84. The molecule has 0 bridgehead atoms. The van der Waals surface area contributed by atoms with Crippen LogP contribution in [0, 0.1) is 0 Å². The average molecular weight is 375 g/mol. The Morgan fingerprint density at radius 2 is 1.81 bits per heavy atom. The summed E-state index contributed by atoms with van der Waals surface area (Å²) in [4.78, 5) is 15.0. The smallest absolute Gasteiger partial charge is 0.411 e. The third kappa shape index (κ3) is 6.13. The summed E-state index contributed by atoms with van der Waals surface area (Å²) in [6.45, 7) is 5.16. The molecule has 1 aliphatic carbocycles. The van der Waals surface area contributed by atoms with E-state index in [-0.39, 0.29) is 12.2 Å². The number of anilines is 1. The molecular weight excluding hydrogens is 340 g/mol. The fourth-order valence-corrected chi connectivity index (χ4v) is 4.14. The lowest BCUT2D eigenvalue weighted by Gasteiger charge is -2.41. The molecule has 1 N–H and O–H groups in total. The van der Waals surface area contributed by atoms with Gasteiger partial charge in [0.1, 0.15) is 11.9 Å². The number of benzene rings is 1. The average Bonchev–Trinajstić information content (AvgIpc) is 2.70. The van der Waals surface area contributed by atoms with Gasteiger partial charge in [-0.25, -0.2) is 4.79 Å². The first kappa shape index (κ1) is 20.0. The molecule has 1 aromatic carbocycles. The molecule has 0 spiro atoms. The van der Waals surface area contributed by atoms with E-state index < -0.39 is 0 Å². The number of unbranched alkanes of at least 4 members (excludes halogenated alkanes) is 1. The van der Waals surface area contributed by atoms with Gasteiger partial charge >= 0.3 is 6.09 Å². The Hall–Kier alpha value is -1.75. The molecule has 2 aliphatic rings. The highest BCUT2D eigenvalue weighted by Crippen LogP contribution is 2.28. The Morgan fingerprint density at radius 1 is 1.07 bits per heavy atom. The number of nitrogens with one attached hydrogen (secondary N) is 1. The molecule has 3 rings (SSSR count). The van der Waals surface area contributed by atoms with E-state index in [4.69, 9.17) is 9.47 Å². The number of nitrogens with zero attached hydrogens (tertiary/aromatic N) is 1. The van der Waals surface area contributed by atoms with Gasteiger partial charge in [-0.15, -0.1) is 0 Å². The van der Waals surface area contributed by atoms with Crippen molar-refractivity contribution in [2.75, 3.05) is 25.0 Å². The van der Waals surface area contributed by atoms with Gasteiger partial charge in [-0.2, -0.15) is 0 Å². The van der Waals surface area contributed by atoms with Crippen LogP contribution in [0.5, 0.6) is 5.75 Å². The van der Waals surface area contributed by atoms with Crippen molar-refractivity contribution in [2.45, 2.75) is 76.9 Å². The number of hydrogen-bond acceptors (Lipinski definition) is 4. The number of piperidine rings is 1. The largest absolute Gasteiger partial charge is 0.494 e. The van der Waals surface area contributed by atoms with E-state index >= 15 is 0 Å². The summed E-state index contributed by atoms with van der Waals surface area (Å²) < 4.78 is 11.5. The van der Waals surface area contributed by atoms with Crippen LogP contribution in [0.2, 0.25) is 0 Å². The fourth-order valence-electron chi connectivity index (χ4n) is 4.14. The maximum Gasteiger partial charge on any atom is 0.411 e. The van der Waals surface area contributed by atoms with Crippen LogP contribution in [0.25, 0.3) is 0 Å². The summed E-state index contributed by atoms with van der Waals surface area (Å²) in [6, 6.07) is 7.90. The first-order valence-corrected chi connectivity index (χ1v) is 10.7. The van der Waals surface area contributed by atoms with Gasteiger partial charge in [0.2, 0.25) is 0 Å². The van der Waals surface area contributed by atoms with E-state index in [1.807, 2.05) is 24.3 Å². The number of carbonyl (C=O) groups is 1. The Labute approximate surface area is 163 Å². The van der Waals surface area contributed by atoms with Gasteiger partial charge in [0.15, 0.2) is 0 Å². The van der Waals surface area contributed by atoms with Gasteiger partial charge in [-0.3, -0.25) is 10.2 Å². The van der Waals surface area contributed by atoms with Crippen molar-refractivity contribution in [3.05, 3.63) is 24.3 Å². The van der Waals surface area contributed by atoms with Gasteiger partial charge in [0, 0.05) is 11.7 Å². The van der Waals surface area contributed by atoms with E-state index in [2.05, 4.69) is 17.1 Å². The summed E-state index contributed by atoms with van der Waals surface area (Å²) in [5, 5.41) is 2.87. The van der Waals surface area contributed by atoms with E-state index in [1.54, 1.807) is 0 Å². The summed E-state index contributed by atoms with van der Waals surface area (Å²) in [5.41, 5.74) is 0.744. The lowest BCUT2D eigenvalue weighted by Crippen LogP contribution is -2.49. The van der Waals surface area contributed by atoms with Crippen LogP contribution in [-0.4, -0.2) is 42.8 Å². The van der Waals surface area contributed by atoms with E-state index in [0.29, 0.717) is 6.04 Å². The molecule has 2 atom stereocenters. The van der Waals surface area contributed by atoms with Crippen molar-refractivity contribution in [1.82, 2.24) is 4.90 Å². The molecule has 2 fully saturated rings. The SMILES string of the molecule is CCCCOc1ccc(NC(=O)OC2CCCCC2N2CCCCC2)cc1. The molecule has 1 saturated heterocycles. The zero-order valence-corrected chi connectivity index (χ0v) is 16.6. The third-order valence-electron chi connectivity index (χ3n) is 5.65. The van der Waals surface area contributed by atoms with Crippen molar-refractivity contribution in [2.24, 2.45) is 0 Å². The molecule has 1 aliphatic heterocycles. The summed E-state index contributed by atoms with van der Waals surface area (Å²) >= 11 is 0. The van der Waals surface area contributed by atoms with Crippen LogP contribution in [0.3, 0.4) is 0 Å². The zero-order valence-electron chi connectivity index (χ0n) is 16.6. The van der Waals surface area contributed by atoms with E-state index in [0.717, 1.165) is 63.2 Å². The van der Waals surface area contributed by atoms with Gasteiger partial charge in [-0.1, -0.05) is 26.2 Å². The Morgan fingerprint density at radius 3 is 2.56 bits per heavy atom. The highest BCUT2D eigenvalue weighted by atomic mass is 16.6. The van der Waals surface area contributed by atoms with E-state index in [1.165, 1.54) is 25.7 Å². The first-order chi connectivity index (χ1) is 13.3. The lowest BCUT2D eigenvalue weighted by molar-refractivity contribution is 0.00174. The Balaban J connectivity index is 1.49. The van der Waals surface area contributed by atoms with Crippen LogP contribution in [0.15, 0.2) is 24.3 Å². The standard InChI is InChI=1S/C22H34N2O3/c1-2-3-17-26-19-13-11-18(12-14-19)23-22(25)27-21-10-6-5-9-20(21)24-15-7-4-8-16-24/h11-14,20-21H,2-10,15-17H2,1H3,(H,23,25). The summed E-state index contributed by atoms with van der Waals surface area (Å²) in [5.74, 6) is 0.833. The Bertz CT molecular complexity index is 569. The fraction of sp³-hybridized carbons (Fsp3) is 0.682. The normalized spacial score (nSPS) is 23.6. The van der Waals surface area contributed by atoms with Crippen molar-refractivity contribution in [1.29, 1.82) is 0 Å². The minimum absolute atomic E-state index is 0.00787. The van der Waals surface area contributed by atoms with Crippen LogP contribution in [0.4, 0.5) is 10.5 Å². The van der Waals surface area contributed by atoms with Gasteiger partial charge < -0.3 is 9.47 Å². The molecule has 0 radical (unpaired) electrons. The second kappa shape index (κ2) is 10.5. The molecular formula is C22H34N2O3. The van der Waals surface area contributed by atoms with Crippen molar-refractivity contribution < 1.29 is 14.3 Å². The molecule has 27 heavy (non-hydrogen) atoms. The minimum Gasteiger partial charge on any atom is -0.494 e. The van der Waals surface area contributed by atoms with Crippen LogP contribution in [0.1, 0.15) is 64.7 Å². The molecule has 5 nitrogen and oxygen atoms in total. The van der Waals surface area contributed by atoms with Gasteiger partial charge in [0.25, 0.3) is 0 Å². The summed E-state index contributed by atoms with van der Waals surface area (Å²) in [6.07, 6.45) is 10.2. The van der Waals surface area contributed by atoms with Gasteiger partial charge in [-0.05, 0) is 75.9 Å². The third-order valence-corrected chi connectivity index (χ3v) is 5.65. The minimum atomic E-state index is -0.344. The number of rotatable bonds is 7. The summed E-state index contributed by atoms with van der Waals surface area (Å²) in [7, 11) is 0. The molecule has 0 aromatic heterocycles. The lowest BCUT2D eigenvalue weighted by atomic mass is 9.90. The molecule has 1 aromatic rings. The molecule has 1 saturated carbocycles. The number of amides is 1. The maximum atomic E-state index is 12.4. The van der Waals surface area contributed by atoms with Crippen LogP contribution in [-0.2, 0) is 4.74 Å². The second-order valence-electron chi connectivity index (χ2n) is 7.74. The maximum absolute atomic E-state index is 12.4. The van der Waals surface area contributed by atoms with Crippen molar-refractivity contribution in [3.63, 3.8) is 0 Å². The molecule has 2 unspecified atom stereocenters. The quantitative estimate of drug-likeness (QED) is 0.666. The topological polar surface area (TPSA) is 50.8 Å². The molecule has 150 valence electrons. The molecule has 1 heterocycles. The first-order valence-electron chi connectivity index (χ1n) is 10.7. The number of ether oxygens (including phenoxy) is 2. The number of hydrogen-bond donors (Lipinski definition) is 1. The monoisotopic (exact) mass is 374 g/mol. The number of carbonyl (C=O) groups excluding carboxylic acids is 1. The number of likely N-dealkylation sites (tertiary alicyclic amines) is 1. The molecule has 1 amide bonds. The zero-order chi connectivity index (χ0) is 18.9. The van der Waals surface area contributed by atoms with E-state index in [9.17, 15) is 4.79 Å². The highest BCUT2D eigenvalue weighted by Gasteiger charge is 2.33. The van der Waals surface area contributed by atoms with Crippen molar-refractivity contribution >= 4 is 11.8 Å². The Kier molecular flexibility index (Phi) is 7.81. The van der Waals surface area contributed by atoms with Crippen LogP contribution >= 0.6 is 0 Å². The predicted octanol–water partition coefficient (Wildman–Crippen LogP) is 5.21. The van der Waals surface area contributed by atoms with Gasteiger partial charge in [0.05, 0.1) is 6.61 Å². The molecule has 5 heteroatoms.